The van der Waals surface area contributed by atoms with Crippen molar-refractivity contribution in [3.8, 4) is 0 Å². The Kier molecular flexibility index (Phi) is 6.12. The first-order chi connectivity index (χ1) is 10.6. The topological polar surface area (TPSA) is 67.3 Å². The lowest BCUT2D eigenvalue weighted by atomic mass is 10.00. The van der Waals surface area contributed by atoms with Crippen LogP contribution in [0.2, 0.25) is 0 Å². The van der Waals surface area contributed by atoms with Gasteiger partial charge in [0.1, 0.15) is 5.69 Å². The van der Waals surface area contributed by atoms with Crippen LogP contribution in [-0.4, -0.2) is 49.2 Å². The summed E-state index contributed by atoms with van der Waals surface area (Å²) in [6.07, 6.45) is 3.09. The number of rotatable bonds is 6. The van der Waals surface area contributed by atoms with E-state index in [9.17, 15) is 4.79 Å². The minimum Gasteiger partial charge on any atom is -0.385 e. The Morgan fingerprint density at radius 2 is 2.14 bits per heavy atom. The molecule has 0 spiro atoms. The molecule has 1 aliphatic rings. The molecule has 0 saturated carbocycles. The van der Waals surface area contributed by atoms with Crippen molar-refractivity contribution in [2.24, 2.45) is 5.92 Å². The van der Waals surface area contributed by atoms with Gasteiger partial charge >= 0.3 is 0 Å². The van der Waals surface area contributed by atoms with Crippen molar-refractivity contribution in [3.63, 3.8) is 0 Å². The second kappa shape index (κ2) is 8.08. The summed E-state index contributed by atoms with van der Waals surface area (Å²) in [5.74, 6) is 1.28. The SMILES string of the molecule is COCCCNC(=O)c1cc(C)nc(N2CCC(C)CC2)n1. The second-order valence-corrected chi connectivity index (χ2v) is 5.97. The van der Waals surface area contributed by atoms with E-state index in [0.717, 1.165) is 44.0 Å². The van der Waals surface area contributed by atoms with Crippen LogP contribution in [0, 0.1) is 12.8 Å². The van der Waals surface area contributed by atoms with Gasteiger partial charge in [0.25, 0.3) is 5.91 Å². The molecule has 0 bridgehead atoms. The molecule has 0 atom stereocenters. The Balaban J connectivity index is 2.01. The van der Waals surface area contributed by atoms with Gasteiger partial charge < -0.3 is 15.0 Å². The monoisotopic (exact) mass is 306 g/mol. The number of carbonyl (C=O) groups is 1. The standard InChI is InChI=1S/C16H26N4O2/c1-12-5-8-20(9-6-12)16-18-13(2)11-14(19-16)15(21)17-7-4-10-22-3/h11-12H,4-10H2,1-3H3,(H,17,21). The summed E-state index contributed by atoms with van der Waals surface area (Å²) in [4.78, 5) is 23.3. The third kappa shape index (κ3) is 4.66. The maximum Gasteiger partial charge on any atom is 0.270 e. The molecule has 1 aliphatic heterocycles. The number of hydrogen-bond donors (Lipinski definition) is 1. The molecule has 1 fully saturated rings. The van der Waals surface area contributed by atoms with Crippen molar-refractivity contribution in [1.82, 2.24) is 15.3 Å². The van der Waals surface area contributed by atoms with E-state index in [0.29, 0.717) is 24.8 Å². The van der Waals surface area contributed by atoms with Crippen molar-refractivity contribution in [2.45, 2.75) is 33.1 Å². The lowest BCUT2D eigenvalue weighted by Crippen LogP contribution is -2.35. The van der Waals surface area contributed by atoms with Crippen LogP contribution in [0.4, 0.5) is 5.95 Å². The molecule has 0 unspecified atom stereocenters. The molecule has 1 N–H and O–H groups in total. The van der Waals surface area contributed by atoms with Crippen LogP contribution in [-0.2, 0) is 4.74 Å². The Bertz CT molecular complexity index is 499. The van der Waals surface area contributed by atoms with E-state index < -0.39 is 0 Å². The quantitative estimate of drug-likeness (QED) is 0.812. The average Bonchev–Trinajstić information content (AvgIpc) is 2.51. The highest BCUT2D eigenvalue weighted by molar-refractivity contribution is 5.92. The molecule has 1 amide bonds. The molecular formula is C16H26N4O2. The van der Waals surface area contributed by atoms with E-state index in [1.807, 2.05) is 6.92 Å². The van der Waals surface area contributed by atoms with E-state index in [1.54, 1.807) is 13.2 Å². The number of nitrogens with one attached hydrogen (secondary N) is 1. The molecule has 1 aromatic heterocycles. The lowest BCUT2D eigenvalue weighted by molar-refractivity contribution is 0.0943. The maximum absolute atomic E-state index is 12.2. The van der Waals surface area contributed by atoms with Crippen LogP contribution in [0.15, 0.2) is 6.07 Å². The molecule has 6 nitrogen and oxygen atoms in total. The van der Waals surface area contributed by atoms with Crippen LogP contribution in [0.25, 0.3) is 0 Å². The minimum absolute atomic E-state index is 0.145. The zero-order valence-corrected chi connectivity index (χ0v) is 13.8. The maximum atomic E-state index is 12.2. The normalized spacial score (nSPS) is 15.9. The molecule has 22 heavy (non-hydrogen) atoms. The molecule has 1 saturated heterocycles. The van der Waals surface area contributed by atoms with E-state index in [1.165, 1.54) is 0 Å². The Morgan fingerprint density at radius 1 is 1.41 bits per heavy atom. The van der Waals surface area contributed by atoms with Gasteiger partial charge in [0.2, 0.25) is 5.95 Å². The Labute approximate surface area is 132 Å². The third-order valence-corrected chi connectivity index (χ3v) is 3.95. The van der Waals surface area contributed by atoms with E-state index >= 15 is 0 Å². The zero-order chi connectivity index (χ0) is 15.9. The fourth-order valence-electron chi connectivity index (χ4n) is 2.53. The third-order valence-electron chi connectivity index (χ3n) is 3.95. The molecule has 0 aromatic carbocycles. The largest absolute Gasteiger partial charge is 0.385 e. The number of methoxy groups -OCH3 is 1. The summed E-state index contributed by atoms with van der Waals surface area (Å²) >= 11 is 0. The molecule has 1 aromatic rings. The van der Waals surface area contributed by atoms with Crippen LogP contribution < -0.4 is 10.2 Å². The molecule has 122 valence electrons. The van der Waals surface area contributed by atoms with Gasteiger partial charge in [-0.3, -0.25) is 4.79 Å². The summed E-state index contributed by atoms with van der Waals surface area (Å²) in [6, 6.07) is 1.74. The van der Waals surface area contributed by atoms with Crippen molar-refractivity contribution < 1.29 is 9.53 Å². The van der Waals surface area contributed by atoms with Crippen molar-refractivity contribution in [2.75, 3.05) is 38.3 Å². The number of amides is 1. The van der Waals surface area contributed by atoms with Gasteiger partial charge in [-0.15, -0.1) is 0 Å². The number of piperidine rings is 1. The number of nitrogens with zero attached hydrogens (tertiary/aromatic N) is 3. The highest BCUT2D eigenvalue weighted by Gasteiger charge is 2.19. The number of anilines is 1. The number of hydrogen-bond acceptors (Lipinski definition) is 5. The van der Waals surface area contributed by atoms with Crippen molar-refractivity contribution in [1.29, 1.82) is 0 Å². The van der Waals surface area contributed by atoms with Gasteiger partial charge in [-0.2, -0.15) is 0 Å². The van der Waals surface area contributed by atoms with Crippen LogP contribution >= 0.6 is 0 Å². The van der Waals surface area contributed by atoms with Crippen molar-refractivity contribution in [3.05, 3.63) is 17.5 Å². The summed E-state index contributed by atoms with van der Waals surface area (Å²) in [5.41, 5.74) is 1.27. The first-order valence-electron chi connectivity index (χ1n) is 7.98. The first-order valence-corrected chi connectivity index (χ1v) is 7.98. The minimum atomic E-state index is -0.145. The number of aryl methyl sites for hydroxylation is 1. The molecule has 0 aliphatic carbocycles. The predicted octanol–water partition coefficient (Wildman–Crippen LogP) is 1.79. The second-order valence-electron chi connectivity index (χ2n) is 5.97. The van der Waals surface area contributed by atoms with Crippen LogP contribution in [0.5, 0.6) is 0 Å². The summed E-state index contributed by atoms with van der Waals surface area (Å²) in [5, 5.41) is 2.87. The number of aromatic nitrogens is 2. The number of ether oxygens (including phenoxy) is 1. The fourth-order valence-corrected chi connectivity index (χ4v) is 2.53. The highest BCUT2D eigenvalue weighted by Crippen LogP contribution is 2.20. The van der Waals surface area contributed by atoms with Gasteiger partial charge in [0.15, 0.2) is 0 Å². The van der Waals surface area contributed by atoms with Gasteiger partial charge in [-0.1, -0.05) is 6.92 Å². The van der Waals surface area contributed by atoms with Gasteiger partial charge in [-0.05, 0) is 38.2 Å². The van der Waals surface area contributed by atoms with Gasteiger partial charge in [0, 0.05) is 39.0 Å². The van der Waals surface area contributed by atoms with Gasteiger partial charge in [-0.25, -0.2) is 9.97 Å². The highest BCUT2D eigenvalue weighted by atomic mass is 16.5. The summed E-state index contributed by atoms with van der Waals surface area (Å²) < 4.78 is 4.97. The Morgan fingerprint density at radius 3 is 2.82 bits per heavy atom. The van der Waals surface area contributed by atoms with E-state index in [4.69, 9.17) is 4.74 Å². The molecule has 6 heteroatoms. The molecule has 0 radical (unpaired) electrons. The lowest BCUT2D eigenvalue weighted by Gasteiger charge is -2.30. The number of carbonyl (C=O) groups excluding carboxylic acids is 1. The average molecular weight is 306 g/mol. The van der Waals surface area contributed by atoms with Gasteiger partial charge in [0.05, 0.1) is 0 Å². The smallest absolute Gasteiger partial charge is 0.270 e. The van der Waals surface area contributed by atoms with Crippen LogP contribution in [0.3, 0.4) is 0 Å². The molecular weight excluding hydrogens is 280 g/mol. The summed E-state index contributed by atoms with van der Waals surface area (Å²) in [7, 11) is 1.65. The Hall–Kier alpha value is -1.69. The van der Waals surface area contributed by atoms with E-state index in [2.05, 4.69) is 27.1 Å². The van der Waals surface area contributed by atoms with E-state index in [-0.39, 0.29) is 5.91 Å². The summed E-state index contributed by atoms with van der Waals surface area (Å²) in [6.45, 7) is 7.32. The molecule has 2 rings (SSSR count). The predicted molar refractivity (Wildman–Crippen MR) is 86.2 cm³/mol. The van der Waals surface area contributed by atoms with Crippen molar-refractivity contribution >= 4 is 11.9 Å². The fraction of sp³-hybridized carbons (Fsp3) is 0.688. The van der Waals surface area contributed by atoms with Crippen LogP contribution in [0.1, 0.15) is 42.4 Å². The molecule has 2 heterocycles. The first kappa shape index (κ1) is 16.7. The zero-order valence-electron chi connectivity index (χ0n) is 13.8.